The fourth-order valence-corrected chi connectivity index (χ4v) is 5.35. The Morgan fingerprint density at radius 1 is 1.10 bits per heavy atom. The first-order valence-electron chi connectivity index (χ1n) is 13.1. The number of pyridine rings is 2. The molecule has 7 heterocycles. The molecule has 2 saturated heterocycles. The van der Waals surface area contributed by atoms with E-state index in [0.29, 0.717) is 53.5 Å². The van der Waals surface area contributed by atoms with Crippen molar-refractivity contribution < 1.29 is 13.5 Å². The van der Waals surface area contributed by atoms with Crippen molar-refractivity contribution in [3.8, 4) is 22.8 Å². The highest BCUT2D eigenvalue weighted by Crippen LogP contribution is 2.44. The van der Waals surface area contributed by atoms with E-state index in [-0.39, 0.29) is 22.9 Å². The third-order valence-electron chi connectivity index (χ3n) is 7.61. The summed E-state index contributed by atoms with van der Waals surface area (Å²) in [6, 6.07) is 7.85. The molecule has 4 bridgehead atoms. The number of fused-ring (bicyclic) bond motifs is 1. The molecule has 0 spiro atoms. The first kappa shape index (κ1) is 23.8. The molecule has 2 aromatic heterocycles. The number of allylic oxidation sites excluding steroid dienone is 1. The number of piperazine rings is 1. The summed E-state index contributed by atoms with van der Waals surface area (Å²) in [5, 5.41) is 6.53. The zero-order valence-electron chi connectivity index (χ0n) is 21.4. The molecule has 198 valence electrons. The van der Waals surface area contributed by atoms with E-state index in [4.69, 9.17) is 9.73 Å². The Labute approximate surface area is 224 Å². The second-order valence-electron chi connectivity index (χ2n) is 10.1. The van der Waals surface area contributed by atoms with Gasteiger partial charge in [0.25, 0.3) is 0 Å². The fourth-order valence-electron chi connectivity index (χ4n) is 5.35. The SMILES string of the molecule is C=C(C1CN1)N1CCN(/C2=N/c3c4ccnc3C(C)/C=C\Nc3nc(c(F)cc32)-c2c(F)cccc2O4)CC1. The van der Waals surface area contributed by atoms with Crippen molar-refractivity contribution in [1.82, 2.24) is 25.1 Å². The predicted octanol–water partition coefficient (Wildman–Crippen LogP) is 4.75. The topological polar surface area (TPSA) is 87.8 Å². The molecular formula is C29H27F2N7O. The average molecular weight is 528 g/mol. The van der Waals surface area contributed by atoms with E-state index >= 15 is 8.78 Å². The third kappa shape index (κ3) is 4.11. The monoisotopic (exact) mass is 527 g/mol. The Balaban J connectivity index is 1.44. The molecule has 0 saturated carbocycles. The molecule has 2 atom stereocenters. The number of halogens is 2. The number of benzene rings is 1. The molecule has 39 heavy (non-hydrogen) atoms. The van der Waals surface area contributed by atoms with E-state index in [2.05, 4.69) is 37.0 Å². The largest absolute Gasteiger partial charge is 0.454 e. The smallest absolute Gasteiger partial charge is 0.156 e. The predicted molar refractivity (Wildman–Crippen MR) is 145 cm³/mol. The first-order chi connectivity index (χ1) is 19.0. The molecule has 8 nitrogen and oxygen atoms in total. The summed E-state index contributed by atoms with van der Waals surface area (Å²) in [5.74, 6) is 0.0810. The first-order valence-corrected chi connectivity index (χ1v) is 13.1. The summed E-state index contributed by atoms with van der Waals surface area (Å²) in [7, 11) is 0. The highest BCUT2D eigenvalue weighted by Gasteiger charge is 2.32. The molecular weight excluding hydrogens is 500 g/mol. The van der Waals surface area contributed by atoms with E-state index in [1.807, 2.05) is 13.0 Å². The van der Waals surface area contributed by atoms with Crippen LogP contribution in [0.15, 0.2) is 66.1 Å². The number of anilines is 1. The van der Waals surface area contributed by atoms with Gasteiger partial charge in [0.2, 0.25) is 0 Å². The number of aliphatic imine (C=N–C) groups is 1. The minimum absolute atomic E-state index is 0.0468. The number of aromatic nitrogens is 2. The lowest BCUT2D eigenvalue weighted by Crippen LogP contribution is -2.49. The molecule has 0 aliphatic carbocycles. The lowest BCUT2D eigenvalue weighted by molar-refractivity contribution is 0.219. The summed E-state index contributed by atoms with van der Waals surface area (Å²) in [6.45, 7) is 10.0. The maximum atomic E-state index is 15.8. The number of rotatable bonds is 2. The molecule has 3 aromatic rings. The van der Waals surface area contributed by atoms with Crippen LogP contribution in [0.1, 0.15) is 24.1 Å². The van der Waals surface area contributed by atoms with Crippen LogP contribution in [0.4, 0.5) is 20.3 Å². The molecule has 1 aromatic carbocycles. The van der Waals surface area contributed by atoms with E-state index in [1.165, 1.54) is 18.2 Å². The van der Waals surface area contributed by atoms with Crippen LogP contribution in [-0.2, 0) is 0 Å². The van der Waals surface area contributed by atoms with Gasteiger partial charge in [-0.15, -0.1) is 0 Å². The van der Waals surface area contributed by atoms with E-state index < -0.39 is 11.6 Å². The van der Waals surface area contributed by atoms with E-state index in [9.17, 15) is 0 Å². The van der Waals surface area contributed by atoms with Gasteiger partial charge in [-0.3, -0.25) is 4.98 Å². The molecule has 8 rings (SSSR count). The van der Waals surface area contributed by atoms with Crippen molar-refractivity contribution in [3.63, 3.8) is 0 Å². The molecule has 2 fully saturated rings. The van der Waals surface area contributed by atoms with Gasteiger partial charge in [0.15, 0.2) is 11.6 Å². The van der Waals surface area contributed by atoms with Crippen molar-refractivity contribution in [2.75, 3.05) is 38.0 Å². The van der Waals surface area contributed by atoms with Crippen LogP contribution in [0.5, 0.6) is 11.5 Å². The van der Waals surface area contributed by atoms with E-state index in [1.54, 1.807) is 24.5 Å². The number of hydrogen-bond donors (Lipinski definition) is 2. The minimum Gasteiger partial charge on any atom is -0.454 e. The van der Waals surface area contributed by atoms with Gasteiger partial charge in [0, 0.05) is 56.6 Å². The Morgan fingerprint density at radius 3 is 2.72 bits per heavy atom. The lowest BCUT2D eigenvalue weighted by atomic mass is 10.0. The second kappa shape index (κ2) is 9.16. The van der Waals surface area contributed by atoms with Crippen LogP contribution in [0.25, 0.3) is 11.3 Å². The molecule has 2 unspecified atom stereocenters. The summed E-state index contributed by atoms with van der Waals surface area (Å²) in [4.78, 5) is 18.8. The van der Waals surface area contributed by atoms with Gasteiger partial charge in [0.1, 0.15) is 34.6 Å². The standard InChI is InChI=1S/C29H27F2N7O/c1-16-6-8-33-28-18-14-20(31)26(35-28)24-19(30)4-3-5-22(24)39-23-7-9-32-25(16)27(23)36-29(18)38-12-10-37(11-13-38)17(2)21-15-34-21/h3-9,14,16,21,34H,2,10-13,15H2,1H3,(H,33,35)/b8-6-,36-29+. The van der Waals surface area contributed by atoms with Crippen LogP contribution in [-0.4, -0.2) is 64.4 Å². The minimum atomic E-state index is -0.663. The summed E-state index contributed by atoms with van der Waals surface area (Å²) in [5.41, 5.74) is 2.61. The van der Waals surface area contributed by atoms with Gasteiger partial charge in [-0.05, 0) is 24.4 Å². The van der Waals surface area contributed by atoms with Gasteiger partial charge in [-0.1, -0.05) is 25.6 Å². The zero-order chi connectivity index (χ0) is 26.7. The summed E-state index contributed by atoms with van der Waals surface area (Å²) in [6.07, 6.45) is 5.36. The van der Waals surface area contributed by atoms with Crippen LogP contribution < -0.4 is 15.4 Å². The molecule has 5 aliphatic rings. The van der Waals surface area contributed by atoms with Crippen LogP contribution in [0, 0.1) is 11.6 Å². The Bertz CT molecular complexity index is 1560. The van der Waals surface area contributed by atoms with Gasteiger partial charge in [0.05, 0.1) is 22.9 Å². The second-order valence-corrected chi connectivity index (χ2v) is 10.1. The lowest BCUT2D eigenvalue weighted by Gasteiger charge is -2.39. The van der Waals surface area contributed by atoms with Crippen molar-refractivity contribution in [1.29, 1.82) is 0 Å². The number of hydrogen-bond acceptors (Lipinski definition) is 8. The Hall–Kier alpha value is -4.31. The average Bonchev–Trinajstić information content (AvgIpc) is 3.78. The zero-order valence-corrected chi connectivity index (χ0v) is 21.4. The number of ether oxygens (including phenoxy) is 1. The van der Waals surface area contributed by atoms with Crippen molar-refractivity contribution in [2.24, 2.45) is 4.99 Å². The molecule has 5 aliphatic heterocycles. The van der Waals surface area contributed by atoms with Gasteiger partial charge < -0.3 is 25.2 Å². The molecule has 2 N–H and O–H groups in total. The molecule has 10 heteroatoms. The maximum absolute atomic E-state index is 15.8. The van der Waals surface area contributed by atoms with Crippen molar-refractivity contribution >= 4 is 17.3 Å². The third-order valence-corrected chi connectivity index (χ3v) is 7.61. The summed E-state index contributed by atoms with van der Waals surface area (Å²) >= 11 is 0. The maximum Gasteiger partial charge on any atom is 0.156 e. The summed E-state index contributed by atoms with van der Waals surface area (Å²) < 4.78 is 37.4. The van der Waals surface area contributed by atoms with Gasteiger partial charge in [-0.2, -0.15) is 0 Å². The number of nitrogens with one attached hydrogen (secondary N) is 2. The highest BCUT2D eigenvalue weighted by atomic mass is 19.1. The van der Waals surface area contributed by atoms with Gasteiger partial charge in [-0.25, -0.2) is 18.8 Å². The number of nitrogens with zero attached hydrogens (tertiary/aromatic N) is 5. The van der Waals surface area contributed by atoms with Gasteiger partial charge >= 0.3 is 0 Å². The quantitative estimate of drug-likeness (QED) is 0.465. The Kier molecular flexibility index (Phi) is 5.59. The van der Waals surface area contributed by atoms with Crippen LogP contribution in [0.3, 0.4) is 0 Å². The van der Waals surface area contributed by atoms with E-state index in [0.717, 1.165) is 25.3 Å². The van der Waals surface area contributed by atoms with Crippen LogP contribution >= 0.6 is 0 Å². The molecule has 0 radical (unpaired) electrons. The number of amidine groups is 1. The fraction of sp³-hybridized carbons (Fsp3) is 0.276. The Morgan fingerprint density at radius 2 is 1.92 bits per heavy atom. The highest BCUT2D eigenvalue weighted by molar-refractivity contribution is 6.05. The molecule has 0 amide bonds. The normalized spacial score (nSPS) is 23.2. The van der Waals surface area contributed by atoms with Crippen molar-refractivity contribution in [2.45, 2.75) is 18.9 Å². The van der Waals surface area contributed by atoms with Crippen LogP contribution in [0.2, 0.25) is 0 Å². The van der Waals surface area contributed by atoms with Crippen molar-refractivity contribution in [3.05, 3.63) is 84.0 Å².